The number of carboxylic acid groups (broad SMARTS) is 1. The second-order valence-electron chi connectivity index (χ2n) is 7.63. The van der Waals surface area contributed by atoms with Crippen molar-refractivity contribution in [1.82, 2.24) is 0 Å². The Morgan fingerprint density at radius 2 is 0.903 bits per heavy atom. The smallest absolute Gasteiger partial charge is 0.154 e. The summed E-state index contributed by atoms with van der Waals surface area (Å²) in [4.78, 5) is 9.26. The van der Waals surface area contributed by atoms with Crippen molar-refractivity contribution in [1.29, 1.82) is 0 Å². The van der Waals surface area contributed by atoms with Gasteiger partial charge in [-0.25, -0.2) is 0 Å². The van der Waals surface area contributed by atoms with Gasteiger partial charge in [0.1, 0.15) is 0 Å². The first kappa shape index (κ1) is 24.8. The molecule has 3 aromatic rings. The lowest BCUT2D eigenvalue weighted by Crippen LogP contribution is -2.35. The molecule has 0 aliphatic heterocycles. The fraction of sp³-hybridized carbons (Fsp3) is 0.321. The Balaban J connectivity index is 0.000000614. The van der Waals surface area contributed by atoms with Crippen LogP contribution >= 0.6 is 7.26 Å². The Hall–Kier alpha value is -2.44. The molecule has 0 saturated carbocycles. The maximum atomic E-state index is 9.26. The average Bonchev–Trinajstić information content (AvgIpc) is 2.85. The molecule has 0 amide bonds. The van der Waals surface area contributed by atoms with Crippen molar-refractivity contribution in [2.45, 2.75) is 39.3 Å². The second-order valence-corrected chi connectivity index (χ2v) is 12.5. The molecule has 0 atom stereocenters. The fourth-order valence-electron chi connectivity index (χ4n) is 4.74. The summed E-state index contributed by atoms with van der Waals surface area (Å²) in [6.45, 7) is 8.76. The quantitative estimate of drug-likeness (QED) is 0.313. The molecule has 0 unspecified atom stereocenters. The number of carboxylic acids is 1. The summed E-state index contributed by atoms with van der Waals surface area (Å²) in [7, 11) is -1.35. The van der Waals surface area contributed by atoms with Gasteiger partial charge in [0.05, 0.1) is 18.5 Å². The normalized spacial score (nSPS) is 11.4. The summed E-state index contributed by atoms with van der Waals surface area (Å²) in [5.41, 5.74) is 4.32. The molecule has 0 heterocycles. The highest BCUT2D eigenvalue weighted by Gasteiger charge is 2.57. The fourth-order valence-corrected chi connectivity index (χ4v) is 9.60. The molecule has 0 aliphatic carbocycles. The summed E-state index contributed by atoms with van der Waals surface area (Å²) < 4.78 is 0. The van der Waals surface area contributed by atoms with Crippen molar-refractivity contribution in [3.8, 4) is 0 Å². The Morgan fingerprint density at radius 1 is 0.645 bits per heavy atom. The number of carbonyl (C=O) groups is 1. The zero-order valence-corrected chi connectivity index (χ0v) is 20.1. The third-order valence-corrected chi connectivity index (χ3v) is 12.2. The maximum Gasteiger partial charge on any atom is 0.154 e. The lowest BCUT2D eigenvalue weighted by Gasteiger charge is -2.45. The Morgan fingerprint density at radius 3 is 1.10 bits per heavy atom. The second kappa shape index (κ2) is 11.8. The van der Waals surface area contributed by atoms with E-state index in [2.05, 4.69) is 112 Å². The number of benzene rings is 3. The molecule has 0 fully saturated rings. The van der Waals surface area contributed by atoms with Crippen molar-refractivity contribution in [3.05, 3.63) is 108 Å². The van der Waals surface area contributed by atoms with Gasteiger partial charge in [-0.15, -0.1) is 0 Å². The molecule has 0 radical (unpaired) electrons. The van der Waals surface area contributed by atoms with E-state index in [9.17, 15) is 9.90 Å². The summed E-state index contributed by atoms with van der Waals surface area (Å²) in [5, 5.41) is 9.21. The van der Waals surface area contributed by atoms with Crippen molar-refractivity contribution in [2.24, 2.45) is 0 Å². The third-order valence-electron chi connectivity index (χ3n) is 6.39. The Labute approximate surface area is 188 Å². The molecule has 3 rings (SSSR count). The van der Waals surface area contributed by atoms with Gasteiger partial charge in [-0.2, -0.15) is 0 Å². The molecular weight excluding hydrogens is 399 g/mol. The highest BCUT2D eigenvalue weighted by Crippen LogP contribution is 2.76. The molecule has 0 N–H and O–H groups in total. The largest absolute Gasteiger partial charge is 0.550 e. The van der Waals surface area contributed by atoms with Gasteiger partial charge in [0.25, 0.3) is 0 Å². The summed E-state index contributed by atoms with van der Waals surface area (Å²) >= 11 is 0. The summed E-state index contributed by atoms with van der Waals surface area (Å²) in [5.74, 6) is -0.995. The van der Waals surface area contributed by atoms with E-state index in [4.69, 9.17) is 0 Å². The van der Waals surface area contributed by atoms with Crippen molar-refractivity contribution in [2.75, 3.05) is 18.5 Å². The van der Waals surface area contributed by atoms with Gasteiger partial charge in [-0.05, 0) is 27.2 Å². The molecule has 0 saturated heterocycles. The molecular formula is C28H35O2P. The van der Waals surface area contributed by atoms with Crippen LogP contribution in [0.5, 0.6) is 0 Å². The van der Waals surface area contributed by atoms with Crippen LogP contribution in [-0.4, -0.2) is 24.5 Å². The predicted octanol–water partition coefficient (Wildman–Crippen LogP) is 6.20. The molecule has 0 spiro atoms. The van der Waals surface area contributed by atoms with Crippen LogP contribution < -0.4 is 5.11 Å². The van der Waals surface area contributed by atoms with Crippen LogP contribution in [0.2, 0.25) is 0 Å². The first-order valence-corrected chi connectivity index (χ1v) is 13.6. The van der Waals surface area contributed by atoms with Crippen molar-refractivity contribution >= 4 is 13.2 Å². The first-order chi connectivity index (χ1) is 15.0. The van der Waals surface area contributed by atoms with E-state index in [-0.39, 0.29) is 11.6 Å². The molecule has 31 heavy (non-hydrogen) atoms. The first-order valence-electron chi connectivity index (χ1n) is 11.2. The van der Waals surface area contributed by atoms with Crippen LogP contribution in [0.1, 0.15) is 50.8 Å². The average molecular weight is 435 g/mol. The van der Waals surface area contributed by atoms with Crippen LogP contribution in [-0.2, 0) is 9.95 Å². The van der Waals surface area contributed by atoms with E-state index >= 15 is 0 Å². The predicted molar refractivity (Wildman–Crippen MR) is 133 cm³/mol. The van der Waals surface area contributed by atoms with Crippen LogP contribution in [0.15, 0.2) is 91.0 Å². The lowest BCUT2D eigenvalue weighted by molar-refractivity contribution is -0.305. The monoisotopic (exact) mass is 434 g/mol. The minimum absolute atomic E-state index is 0.0466. The summed E-state index contributed by atoms with van der Waals surface area (Å²) in [6.07, 6.45) is 3.86. The van der Waals surface area contributed by atoms with E-state index in [1.54, 1.807) is 0 Å². The van der Waals surface area contributed by atoms with Gasteiger partial charge in [-0.3, -0.25) is 0 Å². The van der Waals surface area contributed by atoms with E-state index < -0.39 is 13.2 Å². The minimum atomic E-state index is -1.35. The Bertz CT molecular complexity index is 799. The standard InChI is InChI=1S/C25H30P.C3H6O2/c1-4-26(5-2,6-3)25(22-16-10-7-11-17-22,23-18-12-8-13-19-23)24-20-14-9-15-21-24;1-2-3(4)5/h7-21H,4-6H2,1-3H3;2H2,1H3,(H,4,5)/q+1;/p-1. The molecule has 0 aliphatic rings. The molecule has 0 bridgehead atoms. The van der Waals surface area contributed by atoms with Gasteiger partial charge < -0.3 is 9.90 Å². The SMILES string of the molecule is CCC(=O)[O-].CC[P+](CC)(CC)C(c1ccccc1)(c1ccccc1)c1ccccc1. The topological polar surface area (TPSA) is 40.1 Å². The van der Waals surface area contributed by atoms with Gasteiger partial charge in [0.2, 0.25) is 0 Å². The molecule has 3 aromatic carbocycles. The summed E-state index contributed by atoms with van der Waals surface area (Å²) in [6, 6.07) is 33.7. The molecule has 3 heteroatoms. The highest BCUT2D eigenvalue weighted by molar-refractivity contribution is 7.77. The van der Waals surface area contributed by atoms with E-state index in [1.165, 1.54) is 42.1 Å². The van der Waals surface area contributed by atoms with Gasteiger partial charge in [0.15, 0.2) is 5.16 Å². The lowest BCUT2D eigenvalue weighted by atomic mass is 9.84. The van der Waals surface area contributed by atoms with Gasteiger partial charge in [-0.1, -0.05) is 97.9 Å². The molecule has 2 nitrogen and oxygen atoms in total. The highest BCUT2D eigenvalue weighted by atomic mass is 31.2. The number of hydrogen-bond donors (Lipinski definition) is 0. The number of hydrogen-bond acceptors (Lipinski definition) is 2. The van der Waals surface area contributed by atoms with Gasteiger partial charge >= 0.3 is 0 Å². The molecule has 164 valence electrons. The van der Waals surface area contributed by atoms with Crippen molar-refractivity contribution in [3.63, 3.8) is 0 Å². The van der Waals surface area contributed by atoms with E-state index in [0.29, 0.717) is 0 Å². The van der Waals surface area contributed by atoms with Gasteiger partial charge in [0, 0.05) is 29.9 Å². The Kier molecular flexibility index (Phi) is 9.46. The number of aliphatic carboxylic acids is 1. The van der Waals surface area contributed by atoms with Crippen LogP contribution in [0.25, 0.3) is 0 Å². The van der Waals surface area contributed by atoms with Crippen molar-refractivity contribution < 1.29 is 9.90 Å². The number of rotatable bonds is 8. The van der Waals surface area contributed by atoms with Crippen LogP contribution in [0.3, 0.4) is 0 Å². The number of carbonyl (C=O) groups excluding carboxylic acids is 1. The maximum absolute atomic E-state index is 9.26. The van der Waals surface area contributed by atoms with Crippen LogP contribution in [0.4, 0.5) is 0 Å². The van der Waals surface area contributed by atoms with E-state index in [1.807, 2.05) is 0 Å². The van der Waals surface area contributed by atoms with E-state index in [0.717, 1.165) is 0 Å². The molecule has 0 aromatic heterocycles. The zero-order valence-electron chi connectivity index (χ0n) is 19.3. The third kappa shape index (κ3) is 5.08. The minimum Gasteiger partial charge on any atom is -0.550 e. The van der Waals surface area contributed by atoms with Crippen LogP contribution in [0, 0.1) is 0 Å². The zero-order chi connectivity index (χ0) is 22.7.